The van der Waals surface area contributed by atoms with E-state index < -0.39 is 21.3 Å². The molecule has 8 heteroatoms. The molecule has 2 fully saturated rings. The van der Waals surface area contributed by atoms with E-state index in [0.29, 0.717) is 31.2 Å². The first kappa shape index (κ1) is 25.0. The van der Waals surface area contributed by atoms with Gasteiger partial charge in [0.1, 0.15) is 11.4 Å². The van der Waals surface area contributed by atoms with E-state index in [1.807, 2.05) is 20.8 Å². The zero-order chi connectivity index (χ0) is 23.5. The smallest absolute Gasteiger partial charge is 0.410 e. The molecule has 1 aromatic rings. The summed E-state index contributed by atoms with van der Waals surface area (Å²) in [5, 5.41) is 0. The third-order valence-electron chi connectivity index (χ3n) is 6.35. The number of carbonyl (C=O) groups is 1. The van der Waals surface area contributed by atoms with Crippen molar-refractivity contribution < 1.29 is 27.1 Å². The van der Waals surface area contributed by atoms with Gasteiger partial charge in [0.2, 0.25) is 0 Å². The first-order chi connectivity index (χ1) is 14.9. The van der Waals surface area contributed by atoms with E-state index in [-0.39, 0.29) is 23.0 Å². The molecule has 0 atom stereocenters. The third-order valence-corrected chi connectivity index (χ3v) is 7.46. The average molecular weight is 470 g/mol. The van der Waals surface area contributed by atoms with Gasteiger partial charge in [-0.15, -0.1) is 0 Å². The number of hydrogen-bond acceptors (Lipinski definition) is 5. The molecule has 0 spiro atoms. The highest BCUT2D eigenvalue weighted by molar-refractivity contribution is 7.90. The molecule has 1 aliphatic heterocycles. The van der Waals surface area contributed by atoms with Gasteiger partial charge < -0.3 is 14.4 Å². The van der Waals surface area contributed by atoms with Crippen LogP contribution in [-0.4, -0.2) is 57.1 Å². The van der Waals surface area contributed by atoms with Gasteiger partial charge in [0, 0.05) is 26.0 Å². The number of ether oxygens (including phenoxy) is 2. The second kappa shape index (κ2) is 10.1. The molecule has 0 bridgehead atoms. The molecule has 2 aliphatic rings. The summed E-state index contributed by atoms with van der Waals surface area (Å²) >= 11 is 0. The van der Waals surface area contributed by atoms with Crippen LogP contribution in [0.15, 0.2) is 23.1 Å². The van der Waals surface area contributed by atoms with Crippen LogP contribution in [0.1, 0.15) is 70.8 Å². The van der Waals surface area contributed by atoms with Crippen molar-refractivity contribution in [1.82, 2.24) is 4.90 Å². The van der Waals surface area contributed by atoms with Crippen LogP contribution in [0, 0.1) is 11.7 Å². The van der Waals surface area contributed by atoms with Crippen LogP contribution < -0.4 is 0 Å². The lowest BCUT2D eigenvalue weighted by Gasteiger charge is -2.34. The minimum atomic E-state index is -3.40. The number of amides is 1. The zero-order valence-corrected chi connectivity index (χ0v) is 20.4. The molecule has 0 radical (unpaired) electrons. The largest absolute Gasteiger partial charge is 0.444 e. The van der Waals surface area contributed by atoms with E-state index >= 15 is 0 Å². The van der Waals surface area contributed by atoms with Gasteiger partial charge in [-0.1, -0.05) is 6.07 Å². The lowest BCUT2D eigenvalue weighted by molar-refractivity contribution is -0.0144. The second-order valence-electron chi connectivity index (χ2n) is 10.2. The molecule has 1 heterocycles. The summed E-state index contributed by atoms with van der Waals surface area (Å²) in [6.07, 6.45) is 6.24. The number of piperidine rings is 1. The Bertz CT molecular complexity index is 895. The maximum Gasteiger partial charge on any atom is 0.410 e. The van der Waals surface area contributed by atoms with Crippen molar-refractivity contribution in [3.05, 3.63) is 29.6 Å². The summed E-state index contributed by atoms with van der Waals surface area (Å²) in [5.74, 6) is 0.0990. The number of sulfone groups is 1. The van der Waals surface area contributed by atoms with Gasteiger partial charge in [0.25, 0.3) is 0 Å². The van der Waals surface area contributed by atoms with Crippen molar-refractivity contribution >= 4 is 15.9 Å². The molecule has 32 heavy (non-hydrogen) atoms. The molecule has 0 N–H and O–H groups in total. The van der Waals surface area contributed by atoms with Gasteiger partial charge in [-0.3, -0.25) is 0 Å². The summed E-state index contributed by atoms with van der Waals surface area (Å²) in [4.78, 5) is 14.0. The van der Waals surface area contributed by atoms with E-state index in [2.05, 4.69) is 0 Å². The number of carbonyl (C=O) groups excluding carboxylic acids is 1. The van der Waals surface area contributed by atoms with Crippen molar-refractivity contribution in [2.24, 2.45) is 5.92 Å². The molecule has 1 amide bonds. The Morgan fingerprint density at radius 3 is 2.25 bits per heavy atom. The molecular weight excluding hydrogens is 433 g/mol. The monoisotopic (exact) mass is 469 g/mol. The van der Waals surface area contributed by atoms with E-state index in [0.717, 1.165) is 50.8 Å². The third kappa shape index (κ3) is 6.91. The van der Waals surface area contributed by atoms with Gasteiger partial charge in [-0.2, -0.15) is 0 Å². The normalized spacial score (nSPS) is 23.2. The Morgan fingerprint density at radius 2 is 1.72 bits per heavy atom. The second-order valence-corrected chi connectivity index (χ2v) is 12.2. The van der Waals surface area contributed by atoms with Crippen LogP contribution in [-0.2, 0) is 19.3 Å². The van der Waals surface area contributed by atoms with Crippen LogP contribution in [0.25, 0.3) is 0 Å². The maximum absolute atomic E-state index is 14.5. The standard InChI is InChI=1S/C24H36FNO5S/c1-24(2,3)31-23(27)26-13-11-17(12-14-26)16-30-19-7-5-18(6-8-19)21-10-9-20(15-22(21)25)32(4,28)29/h9-10,15,17-19H,5-8,11-14,16H2,1-4H3/t18-,19+. The molecule has 0 unspecified atom stereocenters. The lowest BCUT2D eigenvalue weighted by Crippen LogP contribution is -2.42. The summed E-state index contributed by atoms with van der Waals surface area (Å²) in [5.41, 5.74) is 0.125. The van der Waals surface area contributed by atoms with Gasteiger partial charge >= 0.3 is 6.09 Å². The van der Waals surface area contributed by atoms with Crippen LogP contribution >= 0.6 is 0 Å². The first-order valence-corrected chi connectivity index (χ1v) is 13.4. The number of nitrogens with zero attached hydrogens (tertiary/aromatic N) is 1. The van der Waals surface area contributed by atoms with Gasteiger partial charge in [-0.05, 0) is 88.8 Å². The predicted octanol–water partition coefficient (Wildman–Crippen LogP) is 4.92. The Hall–Kier alpha value is -1.67. The van der Waals surface area contributed by atoms with E-state index in [9.17, 15) is 17.6 Å². The van der Waals surface area contributed by atoms with Gasteiger partial charge in [0.15, 0.2) is 9.84 Å². The Kier molecular flexibility index (Phi) is 7.86. The zero-order valence-electron chi connectivity index (χ0n) is 19.6. The van der Waals surface area contributed by atoms with Gasteiger partial charge in [-0.25, -0.2) is 17.6 Å². The van der Waals surface area contributed by atoms with Crippen LogP contribution in [0.5, 0.6) is 0 Å². The highest BCUT2D eigenvalue weighted by atomic mass is 32.2. The van der Waals surface area contributed by atoms with Crippen LogP contribution in [0.2, 0.25) is 0 Å². The number of halogens is 1. The Labute approximate surface area is 191 Å². The summed E-state index contributed by atoms with van der Waals surface area (Å²) in [6, 6.07) is 4.26. The minimum Gasteiger partial charge on any atom is -0.444 e. The highest BCUT2D eigenvalue weighted by Crippen LogP contribution is 2.36. The number of benzene rings is 1. The summed E-state index contributed by atoms with van der Waals surface area (Å²) in [7, 11) is -3.40. The number of rotatable bonds is 5. The molecule has 1 saturated heterocycles. The Balaban J connectivity index is 1.40. The van der Waals surface area contributed by atoms with Gasteiger partial charge in [0.05, 0.1) is 11.0 Å². The maximum atomic E-state index is 14.5. The summed E-state index contributed by atoms with van der Waals surface area (Å²) in [6.45, 7) is 7.70. The van der Waals surface area contributed by atoms with E-state index in [4.69, 9.17) is 9.47 Å². The molecule has 1 aromatic carbocycles. The molecular formula is C24H36FNO5S. The minimum absolute atomic E-state index is 0.0217. The highest BCUT2D eigenvalue weighted by Gasteiger charge is 2.29. The summed E-state index contributed by atoms with van der Waals surface area (Å²) < 4.78 is 49.3. The number of hydrogen-bond donors (Lipinski definition) is 0. The molecule has 180 valence electrons. The van der Waals surface area contributed by atoms with Crippen molar-refractivity contribution in [3.8, 4) is 0 Å². The fourth-order valence-electron chi connectivity index (χ4n) is 4.49. The molecule has 3 rings (SSSR count). The molecule has 0 aromatic heterocycles. The van der Waals surface area contributed by atoms with E-state index in [1.165, 1.54) is 6.07 Å². The van der Waals surface area contributed by atoms with E-state index in [1.54, 1.807) is 11.0 Å². The van der Waals surface area contributed by atoms with Crippen molar-refractivity contribution in [3.63, 3.8) is 0 Å². The molecule has 1 aliphatic carbocycles. The van der Waals surface area contributed by atoms with Crippen molar-refractivity contribution in [1.29, 1.82) is 0 Å². The SMILES string of the molecule is CC(C)(C)OC(=O)N1CCC(CO[C@H]2CC[C@@H](c3ccc(S(C)(=O)=O)cc3F)CC2)CC1. The molecule has 1 saturated carbocycles. The topological polar surface area (TPSA) is 72.9 Å². The lowest BCUT2D eigenvalue weighted by atomic mass is 9.82. The van der Waals surface area contributed by atoms with Crippen LogP contribution in [0.4, 0.5) is 9.18 Å². The quantitative estimate of drug-likeness (QED) is 0.612. The average Bonchev–Trinajstić information content (AvgIpc) is 2.71. The number of likely N-dealkylation sites (tertiary alicyclic amines) is 1. The van der Waals surface area contributed by atoms with Crippen molar-refractivity contribution in [2.75, 3.05) is 26.0 Å². The fraction of sp³-hybridized carbons (Fsp3) is 0.708. The fourth-order valence-corrected chi connectivity index (χ4v) is 5.12. The molecule has 6 nitrogen and oxygen atoms in total. The first-order valence-electron chi connectivity index (χ1n) is 11.5. The van der Waals surface area contributed by atoms with Crippen molar-refractivity contribution in [2.45, 2.75) is 81.8 Å². The Morgan fingerprint density at radius 1 is 1.09 bits per heavy atom. The van der Waals surface area contributed by atoms with Crippen LogP contribution in [0.3, 0.4) is 0 Å². The predicted molar refractivity (Wildman–Crippen MR) is 121 cm³/mol.